The molecular weight excluding hydrogens is 508 g/mol. The largest absolute Gasteiger partial charge is 0.381 e. The lowest BCUT2D eigenvalue weighted by Gasteiger charge is -2.35. The number of aromatic nitrogens is 4. The first kappa shape index (κ1) is 25.0. The van der Waals surface area contributed by atoms with Crippen LogP contribution in [0.15, 0.2) is 18.3 Å². The van der Waals surface area contributed by atoms with E-state index in [1.807, 2.05) is 11.5 Å². The SMILES string of the molecule is C[C@]1(C(N)=O)CC[C@@H](n2c(Nc3c(Cl)cc(F)cc3Cl)nc3cnc(NC4CCOCC4)nc32)CC1. The molecular formula is C24H28Cl2FN7O2. The average molecular weight is 536 g/mol. The van der Waals surface area contributed by atoms with Crippen molar-refractivity contribution in [3.63, 3.8) is 0 Å². The maximum atomic E-state index is 13.8. The first-order chi connectivity index (χ1) is 17.2. The van der Waals surface area contributed by atoms with Gasteiger partial charge in [-0.25, -0.2) is 14.4 Å². The highest BCUT2D eigenvalue weighted by Gasteiger charge is 2.37. The summed E-state index contributed by atoms with van der Waals surface area (Å²) in [6.45, 7) is 3.31. The van der Waals surface area contributed by atoms with Crippen LogP contribution in [-0.4, -0.2) is 44.7 Å². The molecule has 3 aromatic rings. The minimum atomic E-state index is -0.547. The van der Waals surface area contributed by atoms with E-state index in [2.05, 4.69) is 15.6 Å². The number of nitrogens with two attached hydrogens (primary N) is 1. The Bertz CT molecular complexity index is 1260. The number of fused-ring (bicyclic) bond motifs is 1. The third-order valence-corrected chi connectivity index (χ3v) is 7.85. The Labute approximate surface area is 217 Å². The van der Waals surface area contributed by atoms with Gasteiger partial charge >= 0.3 is 0 Å². The molecule has 0 bridgehead atoms. The molecule has 2 aromatic heterocycles. The molecule has 1 saturated heterocycles. The Morgan fingerprint density at radius 1 is 1.17 bits per heavy atom. The zero-order valence-electron chi connectivity index (χ0n) is 19.9. The summed E-state index contributed by atoms with van der Waals surface area (Å²) >= 11 is 12.6. The van der Waals surface area contributed by atoms with Crippen molar-refractivity contribution in [1.29, 1.82) is 0 Å². The second kappa shape index (κ2) is 9.99. The molecule has 2 aliphatic rings. The van der Waals surface area contributed by atoms with Crippen LogP contribution in [0.1, 0.15) is 51.5 Å². The van der Waals surface area contributed by atoms with Gasteiger partial charge in [0, 0.05) is 30.7 Å². The van der Waals surface area contributed by atoms with E-state index < -0.39 is 11.2 Å². The van der Waals surface area contributed by atoms with Crippen LogP contribution in [0.4, 0.5) is 22.0 Å². The van der Waals surface area contributed by atoms with Crippen molar-refractivity contribution in [2.24, 2.45) is 11.1 Å². The molecule has 4 N–H and O–H groups in total. The Morgan fingerprint density at radius 2 is 1.83 bits per heavy atom. The van der Waals surface area contributed by atoms with Crippen LogP contribution in [0, 0.1) is 11.2 Å². The van der Waals surface area contributed by atoms with Gasteiger partial charge in [-0.05, 0) is 50.7 Å². The normalized spacial score (nSPS) is 23.1. The molecule has 12 heteroatoms. The van der Waals surface area contributed by atoms with Crippen LogP contribution in [-0.2, 0) is 9.53 Å². The van der Waals surface area contributed by atoms with Crippen molar-refractivity contribution in [2.45, 2.75) is 57.5 Å². The van der Waals surface area contributed by atoms with Gasteiger partial charge in [-0.3, -0.25) is 9.36 Å². The Hall–Kier alpha value is -2.69. The van der Waals surface area contributed by atoms with Crippen molar-refractivity contribution in [1.82, 2.24) is 19.5 Å². The average Bonchev–Trinajstić information content (AvgIpc) is 3.20. The third kappa shape index (κ3) is 4.94. The Kier molecular flexibility index (Phi) is 6.93. The number of rotatable bonds is 6. The highest BCUT2D eigenvalue weighted by molar-refractivity contribution is 6.39. The van der Waals surface area contributed by atoms with Crippen molar-refractivity contribution in [3.05, 3.63) is 34.2 Å². The zero-order valence-corrected chi connectivity index (χ0v) is 21.4. The fourth-order valence-corrected chi connectivity index (χ4v) is 5.49. The topological polar surface area (TPSA) is 120 Å². The van der Waals surface area contributed by atoms with Gasteiger partial charge in [0.05, 0.1) is 21.9 Å². The Balaban J connectivity index is 1.53. The highest BCUT2D eigenvalue weighted by Crippen LogP contribution is 2.43. The van der Waals surface area contributed by atoms with Crippen molar-refractivity contribution in [3.8, 4) is 0 Å². The number of benzene rings is 1. The fraction of sp³-hybridized carbons (Fsp3) is 0.500. The van der Waals surface area contributed by atoms with E-state index in [9.17, 15) is 9.18 Å². The lowest BCUT2D eigenvalue weighted by molar-refractivity contribution is -0.128. The minimum Gasteiger partial charge on any atom is -0.381 e. The molecule has 0 unspecified atom stereocenters. The van der Waals surface area contributed by atoms with E-state index in [4.69, 9.17) is 43.6 Å². The molecule has 0 atom stereocenters. The summed E-state index contributed by atoms with van der Waals surface area (Å²) in [6, 6.07) is 2.61. The standard InChI is InChI=1S/C24H28Cl2FN7O2/c1-24(21(28)35)6-2-15(3-7-24)34-20-18(12-29-22(33-20)30-14-4-8-36-9-5-14)31-23(34)32-19-16(25)10-13(27)11-17(19)26/h10-12,14-15H,2-9H2,1H3,(H2,28,35)(H,31,32)(H,29,30,33)/t15-,24+. The predicted molar refractivity (Wildman–Crippen MR) is 137 cm³/mol. The van der Waals surface area contributed by atoms with Gasteiger partial charge in [0.1, 0.15) is 11.3 Å². The molecule has 1 amide bonds. The number of hydrogen-bond donors (Lipinski definition) is 3. The van der Waals surface area contributed by atoms with E-state index in [1.54, 1.807) is 6.20 Å². The molecule has 2 fully saturated rings. The van der Waals surface area contributed by atoms with Gasteiger partial charge in [0.15, 0.2) is 5.65 Å². The van der Waals surface area contributed by atoms with Gasteiger partial charge in [0.25, 0.3) is 0 Å². The number of halogens is 3. The second-order valence-electron chi connectivity index (χ2n) is 9.76. The summed E-state index contributed by atoms with van der Waals surface area (Å²) in [4.78, 5) is 26.0. The summed E-state index contributed by atoms with van der Waals surface area (Å²) < 4.78 is 21.2. The van der Waals surface area contributed by atoms with Crippen LogP contribution >= 0.6 is 23.2 Å². The van der Waals surface area contributed by atoms with Crippen molar-refractivity contribution in [2.75, 3.05) is 23.8 Å². The van der Waals surface area contributed by atoms with Gasteiger partial charge in [-0.15, -0.1) is 0 Å². The number of amides is 1. The number of nitrogens with zero attached hydrogens (tertiary/aromatic N) is 4. The highest BCUT2D eigenvalue weighted by atomic mass is 35.5. The number of anilines is 3. The Morgan fingerprint density at radius 3 is 2.47 bits per heavy atom. The second-order valence-corrected chi connectivity index (χ2v) is 10.6. The quantitative estimate of drug-likeness (QED) is 0.396. The fourth-order valence-electron chi connectivity index (χ4n) is 4.94. The van der Waals surface area contributed by atoms with E-state index in [-0.39, 0.29) is 28.0 Å². The first-order valence-electron chi connectivity index (χ1n) is 12.0. The van der Waals surface area contributed by atoms with Crippen LogP contribution in [0.3, 0.4) is 0 Å². The summed E-state index contributed by atoms with van der Waals surface area (Å²) in [5.41, 5.74) is 6.71. The zero-order chi connectivity index (χ0) is 25.4. The molecule has 1 aliphatic heterocycles. The van der Waals surface area contributed by atoms with Crippen LogP contribution in [0.2, 0.25) is 10.0 Å². The summed E-state index contributed by atoms with van der Waals surface area (Å²) in [6.07, 6.45) is 6.13. The third-order valence-electron chi connectivity index (χ3n) is 7.25. The minimum absolute atomic E-state index is 0.00578. The van der Waals surface area contributed by atoms with E-state index in [0.717, 1.165) is 12.8 Å². The van der Waals surface area contributed by atoms with Gasteiger partial charge in [-0.1, -0.05) is 30.1 Å². The lowest BCUT2D eigenvalue weighted by atomic mass is 9.73. The maximum absolute atomic E-state index is 13.8. The molecule has 1 saturated carbocycles. The van der Waals surface area contributed by atoms with Crippen LogP contribution < -0.4 is 16.4 Å². The number of hydrogen-bond acceptors (Lipinski definition) is 7. The number of nitrogens with one attached hydrogen (secondary N) is 2. The molecule has 1 aromatic carbocycles. The van der Waals surface area contributed by atoms with Crippen molar-refractivity contribution < 1.29 is 13.9 Å². The van der Waals surface area contributed by atoms with Crippen LogP contribution in [0.5, 0.6) is 0 Å². The molecule has 3 heterocycles. The molecule has 36 heavy (non-hydrogen) atoms. The van der Waals surface area contributed by atoms with E-state index >= 15 is 0 Å². The van der Waals surface area contributed by atoms with Gasteiger partial charge in [-0.2, -0.15) is 4.98 Å². The molecule has 9 nitrogen and oxygen atoms in total. The molecule has 0 radical (unpaired) electrons. The number of carbonyl (C=O) groups is 1. The number of ether oxygens (including phenoxy) is 1. The monoisotopic (exact) mass is 535 g/mol. The van der Waals surface area contributed by atoms with Crippen molar-refractivity contribution >= 4 is 57.9 Å². The molecule has 192 valence electrons. The van der Waals surface area contributed by atoms with Gasteiger partial charge < -0.3 is 21.1 Å². The number of carbonyl (C=O) groups excluding carboxylic acids is 1. The molecule has 5 rings (SSSR count). The van der Waals surface area contributed by atoms with Gasteiger partial charge in [0.2, 0.25) is 17.8 Å². The van der Waals surface area contributed by atoms with E-state index in [1.165, 1.54) is 12.1 Å². The smallest absolute Gasteiger partial charge is 0.224 e. The molecule has 0 spiro atoms. The number of primary amides is 1. The first-order valence-corrected chi connectivity index (χ1v) is 12.8. The van der Waals surface area contributed by atoms with E-state index in [0.29, 0.717) is 67.6 Å². The summed E-state index contributed by atoms with van der Waals surface area (Å²) in [5, 5.41) is 6.87. The maximum Gasteiger partial charge on any atom is 0.224 e. The van der Waals surface area contributed by atoms with Crippen LogP contribution in [0.25, 0.3) is 11.2 Å². The number of imidazole rings is 1. The predicted octanol–water partition coefficient (Wildman–Crippen LogP) is 5.21. The summed E-state index contributed by atoms with van der Waals surface area (Å²) in [7, 11) is 0. The molecule has 1 aliphatic carbocycles. The lowest BCUT2D eigenvalue weighted by Crippen LogP contribution is -2.38. The summed E-state index contributed by atoms with van der Waals surface area (Å²) in [5.74, 6) is 0.157.